The number of pyridine rings is 1. The van der Waals surface area contributed by atoms with Gasteiger partial charge in [0.15, 0.2) is 0 Å². The molecule has 0 unspecified atom stereocenters. The lowest BCUT2D eigenvalue weighted by Crippen LogP contribution is -2.38. The molecule has 0 saturated carbocycles. The normalized spacial score (nSPS) is 15.8. The Labute approximate surface area is 151 Å². The zero-order valence-corrected chi connectivity index (χ0v) is 14.4. The van der Waals surface area contributed by atoms with E-state index in [1.165, 1.54) is 16.5 Å². The van der Waals surface area contributed by atoms with E-state index in [9.17, 15) is 4.79 Å². The van der Waals surface area contributed by atoms with E-state index in [1.54, 1.807) is 6.20 Å². The highest BCUT2D eigenvalue weighted by Crippen LogP contribution is 2.33. The van der Waals surface area contributed by atoms with Gasteiger partial charge in [0.05, 0.1) is 5.56 Å². The molecule has 5 nitrogen and oxygen atoms in total. The van der Waals surface area contributed by atoms with E-state index in [1.807, 2.05) is 33.8 Å². The number of aromatic amines is 1. The minimum Gasteiger partial charge on any atom is -0.361 e. The van der Waals surface area contributed by atoms with Gasteiger partial charge in [0.1, 0.15) is 5.65 Å². The Balaban J connectivity index is 1.32. The number of imidazole rings is 1. The maximum Gasteiger partial charge on any atom is 0.255 e. The predicted octanol–water partition coefficient (Wildman–Crippen LogP) is 3.84. The van der Waals surface area contributed by atoms with Crippen molar-refractivity contribution in [3.63, 3.8) is 0 Å². The van der Waals surface area contributed by atoms with Crippen molar-refractivity contribution in [2.45, 2.75) is 18.8 Å². The van der Waals surface area contributed by atoms with Gasteiger partial charge in [-0.3, -0.25) is 4.79 Å². The Kier molecular flexibility index (Phi) is 3.52. The molecular weight excluding hydrogens is 324 g/mol. The standard InChI is InChI=1S/C21H20N4O/c26-21(16-5-6-20-22-9-12-25(20)14-16)24-10-7-15(8-11-24)18-13-23-19-4-2-1-3-17(18)19/h1-6,9,12-15,23H,7-8,10-11H2. The highest BCUT2D eigenvalue weighted by Gasteiger charge is 2.26. The molecule has 4 heterocycles. The van der Waals surface area contributed by atoms with Crippen LogP contribution in [0, 0.1) is 0 Å². The van der Waals surface area contributed by atoms with Crippen LogP contribution in [0.25, 0.3) is 16.6 Å². The lowest BCUT2D eigenvalue weighted by molar-refractivity contribution is 0.0713. The minimum atomic E-state index is 0.109. The van der Waals surface area contributed by atoms with E-state index in [0.29, 0.717) is 5.92 Å². The monoisotopic (exact) mass is 344 g/mol. The van der Waals surface area contributed by atoms with Crippen LogP contribution in [0.3, 0.4) is 0 Å². The Morgan fingerprint density at radius 2 is 1.96 bits per heavy atom. The number of likely N-dealkylation sites (tertiary alicyclic amines) is 1. The first-order valence-corrected chi connectivity index (χ1v) is 9.07. The second-order valence-electron chi connectivity index (χ2n) is 6.97. The number of nitrogens with zero attached hydrogens (tertiary/aromatic N) is 3. The molecule has 0 spiro atoms. The Bertz CT molecular complexity index is 1090. The molecule has 0 aliphatic carbocycles. The van der Waals surface area contributed by atoms with Crippen LogP contribution in [0.4, 0.5) is 0 Å². The third-order valence-electron chi connectivity index (χ3n) is 5.48. The highest BCUT2D eigenvalue weighted by atomic mass is 16.2. The second-order valence-corrected chi connectivity index (χ2v) is 6.97. The van der Waals surface area contributed by atoms with Gasteiger partial charge in [0.2, 0.25) is 0 Å². The van der Waals surface area contributed by atoms with Crippen LogP contribution in [-0.2, 0) is 0 Å². The first-order valence-electron chi connectivity index (χ1n) is 9.07. The topological polar surface area (TPSA) is 53.4 Å². The SMILES string of the molecule is O=C(c1ccc2nccn2c1)N1CCC(c2c[nH]c3ccccc23)CC1. The number of carbonyl (C=O) groups is 1. The van der Waals surface area contributed by atoms with Crippen molar-refractivity contribution in [1.82, 2.24) is 19.3 Å². The fraction of sp³-hybridized carbons (Fsp3) is 0.238. The zero-order chi connectivity index (χ0) is 17.5. The van der Waals surface area contributed by atoms with E-state index in [2.05, 4.69) is 40.4 Å². The summed E-state index contributed by atoms with van der Waals surface area (Å²) in [4.78, 5) is 22.4. The van der Waals surface area contributed by atoms with E-state index in [-0.39, 0.29) is 5.91 Å². The molecule has 4 aromatic rings. The number of carbonyl (C=O) groups excluding carboxylic acids is 1. The van der Waals surface area contributed by atoms with Crippen LogP contribution in [-0.4, -0.2) is 38.3 Å². The molecule has 1 aliphatic heterocycles. The van der Waals surface area contributed by atoms with Gasteiger partial charge in [-0.1, -0.05) is 18.2 Å². The quantitative estimate of drug-likeness (QED) is 0.601. The number of para-hydroxylation sites is 1. The molecule has 26 heavy (non-hydrogen) atoms. The van der Waals surface area contributed by atoms with Crippen molar-refractivity contribution >= 4 is 22.5 Å². The van der Waals surface area contributed by atoms with Crippen LogP contribution < -0.4 is 0 Å². The number of piperidine rings is 1. The van der Waals surface area contributed by atoms with Crippen molar-refractivity contribution in [3.8, 4) is 0 Å². The van der Waals surface area contributed by atoms with Crippen LogP contribution >= 0.6 is 0 Å². The molecule has 0 radical (unpaired) electrons. The smallest absolute Gasteiger partial charge is 0.255 e. The van der Waals surface area contributed by atoms with Crippen LogP contribution in [0.15, 0.2) is 61.2 Å². The predicted molar refractivity (Wildman–Crippen MR) is 101 cm³/mol. The van der Waals surface area contributed by atoms with Gasteiger partial charge in [0.25, 0.3) is 5.91 Å². The molecule has 1 aliphatic rings. The summed E-state index contributed by atoms with van der Waals surface area (Å²) < 4.78 is 1.89. The molecule has 1 saturated heterocycles. The molecule has 1 N–H and O–H groups in total. The molecule has 1 aromatic carbocycles. The number of nitrogens with one attached hydrogen (secondary N) is 1. The van der Waals surface area contributed by atoms with Gasteiger partial charge >= 0.3 is 0 Å². The molecule has 130 valence electrons. The van der Waals surface area contributed by atoms with Crippen LogP contribution in [0.1, 0.15) is 34.7 Å². The number of rotatable bonds is 2. The van der Waals surface area contributed by atoms with Crippen molar-refractivity contribution in [2.24, 2.45) is 0 Å². The Hall–Kier alpha value is -3.08. The Morgan fingerprint density at radius 1 is 1.12 bits per heavy atom. The third kappa shape index (κ3) is 2.47. The van der Waals surface area contributed by atoms with E-state index in [0.717, 1.165) is 37.1 Å². The summed E-state index contributed by atoms with van der Waals surface area (Å²) >= 11 is 0. The van der Waals surface area contributed by atoms with Gasteiger partial charge in [-0.2, -0.15) is 0 Å². The average Bonchev–Trinajstić information content (AvgIpc) is 3.34. The number of aromatic nitrogens is 3. The van der Waals surface area contributed by atoms with Crippen molar-refractivity contribution in [3.05, 3.63) is 72.3 Å². The summed E-state index contributed by atoms with van der Waals surface area (Å²) in [5, 5.41) is 1.31. The zero-order valence-electron chi connectivity index (χ0n) is 14.4. The molecular formula is C21H20N4O. The number of H-pyrrole nitrogens is 1. The number of fused-ring (bicyclic) bond motifs is 2. The second kappa shape index (κ2) is 6.02. The maximum atomic E-state index is 12.9. The Morgan fingerprint density at radius 3 is 2.85 bits per heavy atom. The summed E-state index contributed by atoms with van der Waals surface area (Å²) in [7, 11) is 0. The van der Waals surface area contributed by atoms with Crippen LogP contribution in [0.5, 0.6) is 0 Å². The van der Waals surface area contributed by atoms with E-state index >= 15 is 0 Å². The van der Waals surface area contributed by atoms with Gasteiger partial charge < -0.3 is 14.3 Å². The summed E-state index contributed by atoms with van der Waals surface area (Å²) in [6, 6.07) is 12.2. The average molecular weight is 344 g/mol. The molecule has 0 bridgehead atoms. The van der Waals surface area contributed by atoms with Gasteiger partial charge in [-0.05, 0) is 42.5 Å². The van der Waals surface area contributed by atoms with Gasteiger partial charge in [0, 0.05) is 48.8 Å². The first-order chi connectivity index (χ1) is 12.8. The lowest BCUT2D eigenvalue weighted by Gasteiger charge is -2.32. The third-order valence-corrected chi connectivity index (χ3v) is 5.48. The number of benzene rings is 1. The summed E-state index contributed by atoms with van der Waals surface area (Å²) in [5.74, 6) is 0.615. The van der Waals surface area contributed by atoms with Gasteiger partial charge in [-0.25, -0.2) is 4.98 Å². The van der Waals surface area contributed by atoms with Crippen LogP contribution in [0.2, 0.25) is 0 Å². The van der Waals surface area contributed by atoms with Gasteiger partial charge in [-0.15, -0.1) is 0 Å². The summed E-state index contributed by atoms with van der Waals surface area (Å²) in [6.45, 7) is 1.59. The number of amides is 1. The molecule has 1 amide bonds. The van der Waals surface area contributed by atoms with Crippen molar-refractivity contribution in [2.75, 3.05) is 13.1 Å². The summed E-state index contributed by atoms with van der Waals surface area (Å²) in [6.07, 6.45) is 9.63. The fourth-order valence-electron chi connectivity index (χ4n) is 4.05. The first kappa shape index (κ1) is 15.2. The van der Waals surface area contributed by atoms with Crippen molar-refractivity contribution in [1.29, 1.82) is 0 Å². The largest absolute Gasteiger partial charge is 0.361 e. The minimum absolute atomic E-state index is 0.109. The van der Waals surface area contributed by atoms with E-state index < -0.39 is 0 Å². The summed E-state index contributed by atoms with van der Waals surface area (Å²) in [5.41, 5.74) is 4.16. The molecule has 0 atom stereocenters. The molecule has 3 aromatic heterocycles. The highest BCUT2D eigenvalue weighted by molar-refractivity contribution is 5.94. The van der Waals surface area contributed by atoms with E-state index in [4.69, 9.17) is 0 Å². The fourth-order valence-corrected chi connectivity index (χ4v) is 4.05. The molecule has 1 fully saturated rings. The lowest BCUT2D eigenvalue weighted by atomic mass is 9.89. The number of hydrogen-bond acceptors (Lipinski definition) is 2. The van der Waals surface area contributed by atoms with Crippen molar-refractivity contribution < 1.29 is 4.79 Å². The molecule has 5 heteroatoms. The maximum absolute atomic E-state index is 12.9. The number of hydrogen-bond donors (Lipinski definition) is 1. The molecule has 5 rings (SSSR count).